The van der Waals surface area contributed by atoms with E-state index < -0.39 is 0 Å². The zero-order chi connectivity index (χ0) is 12.7. The van der Waals surface area contributed by atoms with Crippen LogP contribution in [0.25, 0.3) is 0 Å². The Hall–Kier alpha value is -1.00. The minimum atomic E-state index is -0.274. The quantitative estimate of drug-likeness (QED) is 0.577. The number of rotatable bonds is 7. The topological polar surface area (TPSA) is 55.1 Å². The predicted molar refractivity (Wildman–Crippen MR) is 73.0 cm³/mol. The van der Waals surface area contributed by atoms with Gasteiger partial charge in [0.15, 0.2) is 0 Å². The second-order valence-electron chi connectivity index (χ2n) is 3.99. The number of amides is 1. The summed E-state index contributed by atoms with van der Waals surface area (Å²) in [5.41, 5.74) is 6.48. The third-order valence-corrected chi connectivity index (χ3v) is 3.48. The summed E-state index contributed by atoms with van der Waals surface area (Å²) in [4.78, 5) is 12.1. The monoisotopic (exact) mass is 252 g/mol. The number of nitrogens with one attached hydrogen (secondary N) is 1. The fourth-order valence-corrected chi connectivity index (χ4v) is 2.30. The molecule has 0 aliphatic rings. The fourth-order valence-electron chi connectivity index (χ4n) is 1.40. The highest BCUT2D eigenvalue weighted by Gasteiger charge is 2.10. The van der Waals surface area contributed by atoms with Crippen LogP contribution in [-0.4, -0.2) is 17.7 Å². The molecule has 0 saturated carbocycles. The molecule has 0 aromatic heterocycles. The number of nitrogens with two attached hydrogens (primary N) is 1. The number of hydrogen-bond acceptors (Lipinski definition) is 3. The molecule has 0 bridgehead atoms. The van der Waals surface area contributed by atoms with Crippen molar-refractivity contribution >= 4 is 17.7 Å². The highest BCUT2D eigenvalue weighted by molar-refractivity contribution is 8.00. The van der Waals surface area contributed by atoms with E-state index in [1.807, 2.05) is 19.1 Å². The molecular formula is C13H20N2OS. The van der Waals surface area contributed by atoms with Gasteiger partial charge in [-0.2, -0.15) is 0 Å². The van der Waals surface area contributed by atoms with Crippen LogP contribution >= 0.6 is 11.8 Å². The molecule has 1 aromatic carbocycles. The van der Waals surface area contributed by atoms with Gasteiger partial charge in [-0.15, -0.1) is 11.8 Å². The molecule has 1 rings (SSSR count). The molecule has 1 aromatic rings. The van der Waals surface area contributed by atoms with E-state index in [-0.39, 0.29) is 11.2 Å². The lowest BCUT2D eigenvalue weighted by Crippen LogP contribution is -2.22. The van der Waals surface area contributed by atoms with Crippen molar-refractivity contribution in [2.24, 2.45) is 5.73 Å². The van der Waals surface area contributed by atoms with Crippen LogP contribution in [0.1, 0.15) is 25.8 Å². The van der Waals surface area contributed by atoms with Crippen LogP contribution in [0.3, 0.4) is 0 Å². The summed E-state index contributed by atoms with van der Waals surface area (Å²) >= 11 is 1.50. The summed E-state index contributed by atoms with van der Waals surface area (Å²) in [6.07, 6.45) is 1.13. The predicted octanol–water partition coefficient (Wildman–Crippen LogP) is 2.15. The Morgan fingerprint density at radius 3 is 2.94 bits per heavy atom. The van der Waals surface area contributed by atoms with Crippen molar-refractivity contribution in [3.63, 3.8) is 0 Å². The van der Waals surface area contributed by atoms with Crippen molar-refractivity contribution in [3.8, 4) is 0 Å². The summed E-state index contributed by atoms with van der Waals surface area (Å²) in [5, 5.41) is 3.17. The lowest BCUT2D eigenvalue weighted by molar-refractivity contribution is -0.117. The average Bonchev–Trinajstić information content (AvgIpc) is 2.30. The number of carbonyl (C=O) groups excluding carboxylic acids is 1. The molecule has 0 fully saturated rings. The Bertz CT molecular complexity index is 368. The highest BCUT2D eigenvalue weighted by Crippen LogP contribution is 2.23. The van der Waals surface area contributed by atoms with E-state index in [9.17, 15) is 4.79 Å². The molecule has 1 amide bonds. The maximum atomic E-state index is 11.0. The van der Waals surface area contributed by atoms with Gasteiger partial charge in [-0.05, 0) is 37.6 Å². The van der Waals surface area contributed by atoms with Crippen molar-refractivity contribution in [1.82, 2.24) is 5.32 Å². The molecule has 0 aliphatic carbocycles. The molecule has 17 heavy (non-hydrogen) atoms. The van der Waals surface area contributed by atoms with Gasteiger partial charge in [0, 0.05) is 11.4 Å². The van der Waals surface area contributed by atoms with Crippen LogP contribution in [0.4, 0.5) is 0 Å². The number of hydrogen-bond donors (Lipinski definition) is 2. The van der Waals surface area contributed by atoms with E-state index in [0.717, 1.165) is 24.4 Å². The van der Waals surface area contributed by atoms with Crippen LogP contribution in [-0.2, 0) is 11.3 Å². The molecular weight excluding hydrogens is 232 g/mol. The molecule has 1 unspecified atom stereocenters. The molecule has 94 valence electrons. The van der Waals surface area contributed by atoms with Gasteiger partial charge in [0.05, 0.1) is 5.25 Å². The van der Waals surface area contributed by atoms with Crippen LogP contribution in [0, 0.1) is 0 Å². The highest BCUT2D eigenvalue weighted by atomic mass is 32.2. The van der Waals surface area contributed by atoms with E-state index >= 15 is 0 Å². The fraction of sp³-hybridized carbons (Fsp3) is 0.462. The van der Waals surface area contributed by atoms with Crippen molar-refractivity contribution in [3.05, 3.63) is 29.8 Å². The number of thioether (sulfide) groups is 1. The van der Waals surface area contributed by atoms with Crippen molar-refractivity contribution in [1.29, 1.82) is 0 Å². The normalized spacial score (nSPS) is 12.4. The number of carbonyl (C=O) groups is 1. The maximum Gasteiger partial charge on any atom is 0.230 e. The lowest BCUT2D eigenvalue weighted by Gasteiger charge is -2.09. The van der Waals surface area contributed by atoms with E-state index in [4.69, 9.17) is 5.73 Å². The largest absolute Gasteiger partial charge is 0.369 e. The van der Waals surface area contributed by atoms with Crippen LogP contribution in [0.15, 0.2) is 29.2 Å². The van der Waals surface area contributed by atoms with E-state index in [0.29, 0.717) is 0 Å². The molecule has 3 nitrogen and oxygen atoms in total. The molecule has 0 spiro atoms. The van der Waals surface area contributed by atoms with Gasteiger partial charge in [-0.1, -0.05) is 19.1 Å². The maximum absolute atomic E-state index is 11.0. The van der Waals surface area contributed by atoms with Gasteiger partial charge < -0.3 is 11.1 Å². The molecule has 4 heteroatoms. The zero-order valence-electron chi connectivity index (χ0n) is 10.4. The zero-order valence-corrected chi connectivity index (χ0v) is 11.2. The first-order valence-corrected chi connectivity index (χ1v) is 6.77. The first-order chi connectivity index (χ1) is 8.13. The van der Waals surface area contributed by atoms with E-state index in [1.165, 1.54) is 17.3 Å². The molecule has 1 atom stereocenters. The summed E-state index contributed by atoms with van der Waals surface area (Å²) in [6, 6.07) is 8.21. The Kier molecular flexibility index (Phi) is 6.08. The SMILES string of the molecule is CCCNCc1cccc(SC(C)C(N)=O)c1. The number of benzene rings is 1. The third-order valence-electron chi connectivity index (χ3n) is 2.37. The summed E-state index contributed by atoms with van der Waals surface area (Å²) in [6.45, 7) is 5.87. The molecule has 0 radical (unpaired) electrons. The standard InChI is InChI=1S/C13H20N2OS/c1-3-7-15-9-11-5-4-6-12(8-11)17-10(2)13(14)16/h4-6,8,10,15H,3,7,9H2,1-2H3,(H2,14,16). The second-order valence-corrected chi connectivity index (χ2v) is 5.40. The molecule has 3 N–H and O–H groups in total. The van der Waals surface area contributed by atoms with Crippen LogP contribution in [0.2, 0.25) is 0 Å². The van der Waals surface area contributed by atoms with Gasteiger partial charge in [-0.25, -0.2) is 0 Å². The van der Waals surface area contributed by atoms with Gasteiger partial charge in [-0.3, -0.25) is 4.79 Å². The van der Waals surface area contributed by atoms with Crippen molar-refractivity contribution in [2.75, 3.05) is 6.54 Å². The Morgan fingerprint density at radius 1 is 1.53 bits per heavy atom. The molecule has 0 heterocycles. The first-order valence-electron chi connectivity index (χ1n) is 5.89. The molecule has 0 saturated heterocycles. The van der Waals surface area contributed by atoms with Gasteiger partial charge in [0.25, 0.3) is 0 Å². The lowest BCUT2D eigenvalue weighted by atomic mass is 10.2. The second kappa shape index (κ2) is 7.35. The number of primary amides is 1. The van der Waals surface area contributed by atoms with Crippen LogP contribution in [0.5, 0.6) is 0 Å². The smallest absolute Gasteiger partial charge is 0.230 e. The third kappa shape index (κ3) is 5.24. The summed E-state index contributed by atoms with van der Waals surface area (Å²) in [5.74, 6) is -0.274. The Balaban J connectivity index is 2.56. The van der Waals surface area contributed by atoms with Crippen molar-refractivity contribution in [2.45, 2.75) is 37.0 Å². The summed E-state index contributed by atoms with van der Waals surface area (Å²) < 4.78 is 0. The first kappa shape index (κ1) is 14.1. The van der Waals surface area contributed by atoms with Crippen molar-refractivity contribution < 1.29 is 4.79 Å². The van der Waals surface area contributed by atoms with Gasteiger partial charge >= 0.3 is 0 Å². The van der Waals surface area contributed by atoms with Gasteiger partial charge in [0.2, 0.25) is 5.91 Å². The Morgan fingerprint density at radius 2 is 2.29 bits per heavy atom. The van der Waals surface area contributed by atoms with E-state index in [2.05, 4.69) is 24.4 Å². The molecule has 0 aliphatic heterocycles. The average molecular weight is 252 g/mol. The Labute approximate surface area is 107 Å². The minimum absolute atomic E-state index is 0.186. The minimum Gasteiger partial charge on any atom is -0.369 e. The van der Waals surface area contributed by atoms with Crippen LogP contribution < -0.4 is 11.1 Å². The van der Waals surface area contributed by atoms with Gasteiger partial charge in [0.1, 0.15) is 0 Å². The summed E-state index contributed by atoms with van der Waals surface area (Å²) in [7, 11) is 0. The van der Waals surface area contributed by atoms with E-state index in [1.54, 1.807) is 0 Å².